The van der Waals surface area contributed by atoms with E-state index in [4.69, 9.17) is 21.1 Å². The quantitative estimate of drug-likeness (QED) is 0.612. The highest BCUT2D eigenvalue weighted by molar-refractivity contribution is 6.34. The van der Waals surface area contributed by atoms with E-state index in [9.17, 15) is 4.79 Å². The van der Waals surface area contributed by atoms with Gasteiger partial charge in [0, 0.05) is 11.1 Å². The van der Waals surface area contributed by atoms with Crippen molar-refractivity contribution >= 4 is 23.5 Å². The average Bonchev–Trinajstić information content (AvgIpc) is 2.52. The van der Waals surface area contributed by atoms with Gasteiger partial charge in [-0.15, -0.1) is 0 Å². The van der Waals surface area contributed by atoms with E-state index in [1.807, 2.05) is 12.1 Å². The molecule has 108 valence electrons. The largest absolute Gasteiger partial charge is 0.493 e. The van der Waals surface area contributed by atoms with Crippen LogP contribution in [0.25, 0.3) is 6.08 Å². The zero-order chi connectivity index (χ0) is 15.2. The van der Waals surface area contributed by atoms with Gasteiger partial charge in [0.2, 0.25) is 0 Å². The van der Waals surface area contributed by atoms with Crippen molar-refractivity contribution in [1.29, 1.82) is 0 Å². The van der Waals surface area contributed by atoms with Crippen LogP contribution in [0.1, 0.15) is 15.9 Å². The molecule has 3 nitrogen and oxygen atoms in total. The first-order chi connectivity index (χ1) is 10.2. The maximum absolute atomic E-state index is 12.1. The lowest BCUT2D eigenvalue weighted by Gasteiger charge is -2.09. The van der Waals surface area contributed by atoms with Crippen molar-refractivity contribution < 1.29 is 14.3 Å². The fraction of sp³-hybridized carbons (Fsp3) is 0.118. The molecule has 0 unspecified atom stereocenters. The number of carbonyl (C=O) groups excluding carboxylic acids is 1. The van der Waals surface area contributed by atoms with Crippen LogP contribution in [0.15, 0.2) is 48.5 Å². The van der Waals surface area contributed by atoms with Crippen LogP contribution in [0.3, 0.4) is 0 Å². The Labute approximate surface area is 128 Å². The van der Waals surface area contributed by atoms with E-state index in [1.54, 1.807) is 50.6 Å². The summed E-state index contributed by atoms with van der Waals surface area (Å²) in [5.41, 5.74) is 1.23. The number of benzene rings is 2. The zero-order valence-corrected chi connectivity index (χ0v) is 12.6. The Balaban J connectivity index is 2.30. The van der Waals surface area contributed by atoms with Crippen LogP contribution in [0.4, 0.5) is 0 Å². The molecule has 4 heteroatoms. The SMILES string of the molecule is COc1cccc(/C=C/C(=O)c2ccccc2Cl)c1OC. The standard InChI is InChI=1S/C17H15ClO3/c1-20-16-9-5-6-12(17(16)21-2)10-11-15(19)13-7-3-4-8-14(13)18/h3-11H,1-2H3/b11-10+. The van der Waals surface area contributed by atoms with Crippen molar-refractivity contribution in [3.63, 3.8) is 0 Å². The van der Waals surface area contributed by atoms with Gasteiger partial charge in [-0.1, -0.05) is 35.9 Å². The minimum atomic E-state index is -0.162. The van der Waals surface area contributed by atoms with Crippen molar-refractivity contribution in [1.82, 2.24) is 0 Å². The van der Waals surface area contributed by atoms with Crippen LogP contribution < -0.4 is 9.47 Å². The maximum Gasteiger partial charge on any atom is 0.187 e. The normalized spacial score (nSPS) is 10.6. The summed E-state index contributed by atoms with van der Waals surface area (Å²) in [6, 6.07) is 12.4. The summed E-state index contributed by atoms with van der Waals surface area (Å²) in [4.78, 5) is 12.1. The first kappa shape index (κ1) is 15.1. The molecule has 0 fully saturated rings. The van der Waals surface area contributed by atoms with Crippen LogP contribution in [-0.2, 0) is 0 Å². The Bertz CT molecular complexity index is 677. The molecule has 0 aliphatic carbocycles. The lowest BCUT2D eigenvalue weighted by molar-refractivity contribution is 0.104. The molecule has 2 aromatic carbocycles. The molecule has 0 atom stereocenters. The van der Waals surface area contributed by atoms with Crippen LogP contribution in [0.2, 0.25) is 5.02 Å². The molecule has 0 aliphatic heterocycles. The zero-order valence-electron chi connectivity index (χ0n) is 11.8. The first-order valence-electron chi connectivity index (χ1n) is 6.35. The van der Waals surface area contributed by atoms with Gasteiger partial charge in [0.25, 0.3) is 0 Å². The van der Waals surface area contributed by atoms with Crippen LogP contribution >= 0.6 is 11.6 Å². The Morgan fingerprint density at radius 3 is 2.48 bits per heavy atom. The molecule has 21 heavy (non-hydrogen) atoms. The van der Waals surface area contributed by atoms with Gasteiger partial charge in [-0.2, -0.15) is 0 Å². The number of allylic oxidation sites excluding steroid dienone is 1. The number of methoxy groups -OCH3 is 2. The summed E-state index contributed by atoms with van der Waals surface area (Å²) in [6.45, 7) is 0. The van der Waals surface area contributed by atoms with E-state index < -0.39 is 0 Å². The highest BCUT2D eigenvalue weighted by Crippen LogP contribution is 2.31. The molecule has 0 radical (unpaired) electrons. The highest BCUT2D eigenvalue weighted by Gasteiger charge is 2.09. The second-order valence-corrected chi connectivity index (χ2v) is 4.67. The van der Waals surface area contributed by atoms with Gasteiger partial charge in [0.15, 0.2) is 17.3 Å². The van der Waals surface area contributed by atoms with Gasteiger partial charge in [0.05, 0.1) is 19.2 Å². The smallest absolute Gasteiger partial charge is 0.187 e. The van der Waals surface area contributed by atoms with Gasteiger partial charge >= 0.3 is 0 Å². The van der Waals surface area contributed by atoms with Crippen molar-refractivity contribution in [3.05, 3.63) is 64.7 Å². The van der Waals surface area contributed by atoms with Crippen molar-refractivity contribution in [2.45, 2.75) is 0 Å². The molecule has 0 bridgehead atoms. The molecular formula is C17H15ClO3. The Morgan fingerprint density at radius 2 is 1.81 bits per heavy atom. The van der Waals surface area contributed by atoms with Crippen molar-refractivity contribution in [2.75, 3.05) is 14.2 Å². The van der Waals surface area contributed by atoms with Crippen LogP contribution in [-0.4, -0.2) is 20.0 Å². The number of ether oxygens (including phenoxy) is 2. The topological polar surface area (TPSA) is 35.5 Å². The number of hydrogen-bond acceptors (Lipinski definition) is 3. The van der Waals surface area contributed by atoms with Crippen molar-refractivity contribution in [2.24, 2.45) is 0 Å². The third kappa shape index (κ3) is 3.44. The summed E-state index contributed by atoms with van der Waals surface area (Å²) in [5, 5.41) is 0.435. The lowest BCUT2D eigenvalue weighted by Crippen LogP contribution is -1.96. The molecular weight excluding hydrogens is 288 g/mol. The van der Waals surface area contributed by atoms with Gasteiger partial charge in [-0.05, 0) is 30.4 Å². The number of hydrogen-bond donors (Lipinski definition) is 0. The lowest BCUT2D eigenvalue weighted by atomic mass is 10.1. The summed E-state index contributed by atoms with van der Waals surface area (Å²) < 4.78 is 10.5. The number of ketones is 1. The average molecular weight is 303 g/mol. The molecule has 0 spiro atoms. The predicted molar refractivity (Wildman–Crippen MR) is 84.4 cm³/mol. The number of rotatable bonds is 5. The third-order valence-corrected chi connectivity index (χ3v) is 3.32. The van der Waals surface area contributed by atoms with E-state index in [2.05, 4.69) is 0 Å². The first-order valence-corrected chi connectivity index (χ1v) is 6.73. The van der Waals surface area contributed by atoms with E-state index >= 15 is 0 Å². The minimum Gasteiger partial charge on any atom is -0.493 e. The fourth-order valence-electron chi connectivity index (χ4n) is 1.96. The Kier molecular flexibility index (Phi) is 5.01. The van der Waals surface area contributed by atoms with Gasteiger partial charge in [-0.25, -0.2) is 0 Å². The molecule has 0 aromatic heterocycles. The molecule has 0 saturated heterocycles. The van der Waals surface area contributed by atoms with E-state index in [0.717, 1.165) is 5.56 Å². The number of para-hydroxylation sites is 1. The molecule has 0 N–H and O–H groups in total. The van der Waals surface area contributed by atoms with E-state index in [1.165, 1.54) is 6.08 Å². The molecule has 2 aromatic rings. The molecule has 0 aliphatic rings. The number of halogens is 1. The molecule has 0 heterocycles. The number of carbonyl (C=O) groups is 1. The van der Waals surface area contributed by atoms with Gasteiger partial charge < -0.3 is 9.47 Å². The molecule has 2 rings (SSSR count). The van der Waals surface area contributed by atoms with E-state index in [-0.39, 0.29) is 5.78 Å². The Morgan fingerprint density at radius 1 is 1.05 bits per heavy atom. The predicted octanol–water partition coefficient (Wildman–Crippen LogP) is 4.25. The Hall–Kier alpha value is -2.26. The summed E-state index contributed by atoms with van der Waals surface area (Å²) in [6.07, 6.45) is 3.16. The highest BCUT2D eigenvalue weighted by atomic mass is 35.5. The minimum absolute atomic E-state index is 0.162. The van der Waals surface area contributed by atoms with Gasteiger partial charge in [0.1, 0.15) is 0 Å². The van der Waals surface area contributed by atoms with Crippen molar-refractivity contribution in [3.8, 4) is 11.5 Å². The summed E-state index contributed by atoms with van der Waals surface area (Å²) in [7, 11) is 3.13. The second-order valence-electron chi connectivity index (χ2n) is 4.26. The molecule has 0 saturated carbocycles. The second kappa shape index (κ2) is 6.95. The maximum atomic E-state index is 12.1. The third-order valence-electron chi connectivity index (χ3n) is 2.99. The van der Waals surface area contributed by atoms with Gasteiger partial charge in [-0.3, -0.25) is 4.79 Å². The fourth-order valence-corrected chi connectivity index (χ4v) is 2.19. The summed E-state index contributed by atoms with van der Waals surface area (Å²) in [5.74, 6) is 1.04. The van der Waals surface area contributed by atoms with Crippen LogP contribution in [0.5, 0.6) is 11.5 Å². The summed E-state index contributed by atoms with van der Waals surface area (Å²) >= 11 is 6.01. The molecule has 0 amide bonds. The van der Waals surface area contributed by atoms with Crippen LogP contribution in [0, 0.1) is 0 Å². The monoisotopic (exact) mass is 302 g/mol. The van der Waals surface area contributed by atoms with E-state index in [0.29, 0.717) is 22.1 Å².